The Morgan fingerprint density at radius 2 is 2.22 bits per heavy atom. The average molecular weight is 264 g/mol. The first-order valence-electron chi connectivity index (χ1n) is 5.66. The molecule has 0 aromatic carbocycles. The summed E-state index contributed by atoms with van der Waals surface area (Å²) in [4.78, 5) is 8.52. The van der Waals surface area contributed by atoms with E-state index in [1.54, 1.807) is 18.5 Å². The molecule has 3 N–H and O–H groups in total. The van der Waals surface area contributed by atoms with Crippen LogP contribution in [0.5, 0.6) is 0 Å². The van der Waals surface area contributed by atoms with Crippen molar-refractivity contribution in [3.8, 4) is 5.82 Å². The molecular formula is C12H14ClN5. The van der Waals surface area contributed by atoms with E-state index >= 15 is 0 Å². The van der Waals surface area contributed by atoms with Crippen molar-refractivity contribution in [3.05, 3.63) is 41.1 Å². The molecule has 0 amide bonds. The van der Waals surface area contributed by atoms with Crippen LogP contribution in [0.3, 0.4) is 0 Å². The van der Waals surface area contributed by atoms with Crippen LogP contribution in [-0.2, 0) is 6.42 Å². The Bertz CT molecular complexity index is 576. The van der Waals surface area contributed by atoms with Crippen LogP contribution in [0.4, 0.5) is 0 Å². The second-order valence-corrected chi connectivity index (χ2v) is 4.25. The van der Waals surface area contributed by atoms with E-state index in [1.807, 2.05) is 10.8 Å². The molecule has 0 bridgehead atoms. The van der Waals surface area contributed by atoms with E-state index in [9.17, 15) is 0 Å². The lowest BCUT2D eigenvalue weighted by Crippen LogP contribution is -2.14. The fourth-order valence-electron chi connectivity index (χ4n) is 1.74. The van der Waals surface area contributed by atoms with Crippen molar-refractivity contribution in [2.24, 2.45) is 5.73 Å². The monoisotopic (exact) mass is 263 g/mol. The molecule has 0 saturated heterocycles. The maximum atomic E-state index is 7.47. The first kappa shape index (κ1) is 12.6. The van der Waals surface area contributed by atoms with Gasteiger partial charge >= 0.3 is 0 Å². The second-order valence-electron chi connectivity index (χ2n) is 3.87. The van der Waals surface area contributed by atoms with Crippen molar-refractivity contribution < 1.29 is 0 Å². The van der Waals surface area contributed by atoms with E-state index in [0.29, 0.717) is 16.4 Å². The number of pyridine rings is 1. The summed E-state index contributed by atoms with van der Waals surface area (Å²) in [5, 5.41) is 7.85. The molecule has 5 nitrogen and oxygen atoms in total. The van der Waals surface area contributed by atoms with Gasteiger partial charge in [-0.2, -0.15) is 0 Å². The highest BCUT2D eigenvalue weighted by atomic mass is 35.5. The molecule has 0 saturated carbocycles. The number of halogens is 1. The number of amidine groups is 1. The molecule has 2 rings (SSSR count). The maximum Gasteiger partial charge on any atom is 0.157 e. The highest BCUT2D eigenvalue weighted by Crippen LogP contribution is 2.23. The smallest absolute Gasteiger partial charge is 0.157 e. The summed E-state index contributed by atoms with van der Waals surface area (Å²) in [6, 6.07) is 1.63. The summed E-state index contributed by atoms with van der Waals surface area (Å²) in [5.74, 6) is 1.39. The summed E-state index contributed by atoms with van der Waals surface area (Å²) < 4.78 is 1.83. The molecule has 2 aromatic rings. The van der Waals surface area contributed by atoms with E-state index in [-0.39, 0.29) is 5.84 Å². The predicted octanol–water partition coefficient (Wildman–Crippen LogP) is 2.16. The standard InChI is InChI=1S/C12H14ClN5/c1-2-3-9-16-6-7-18(9)12-10(13)8(11(14)15)4-5-17-12/h4-7H,2-3H2,1H3,(H3,14,15). The molecule has 0 aliphatic carbocycles. The molecule has 0 aliphatic rings. The van der Waals surface area contributed by atoms with Crippen LogP contribution in [0, 0.1) is 5.41 Å². The minimum Gasteiger partial charge on any atom is -0.384 e. The van der Waals surface area contributed by atoms with Gasteiger partial charge in [-0.15, -0.1) is 0 Å². The van der Waals surface area contributed by atoms with Crippen LogP contribution >= 0.6 is 11.6 Å². The molecule has 0 unspecified atom stereocenters. The molecular weight excluding hydrogens is 250 g/mol. The van der Waals surface area contributed by atoms with Crippen molar-refractivity contribution in [3.63, 3.8) is 0 Å². The van der Waals surface area contributed by atoms with Gasteiger partial charge in [0.2, 0.25) is 0 Å². The van der Waals surface area contributed by atoms with E-state index in [0.717, 1.165) is 18.7 Å². The van der Waals surface area contributed by atoms with Crippen LogP contribution < -0.4 is 5.73 Å². The Hall–Kier alpha value is -1.88. The fraction of sp³-hybridized carbons (Fsp3) is 0.250. The largest absolute Gasteiger partial charge is 0.384 e. The van der Waals surface area contributed by atoms with Gasteiger partial charge in [0.25, 0.3) is 0 Å². The topological polar surface area (TPSA) is 80.6 Å². The number of hydrogen-bond donors (Lipinski definition) is 2. The number of aromatic nitrogens is 3. The lowest BCUT2D eigenvalue weighted by Gasteiger charge is -2.10. The van der Waals surface area contributed by atoms with Gasteiger partial charge in [-0.05, 0) is 12.5 Å². The SMILES string of the molecule is CCCc1nccn1-c1nccc(C(=N)N)c1Cl. The Morgan fingerprint density at radius 1 is 1.44 bits per heavy atom. The molecule has 2 heterocycles. The first-order chi connectivity index (χ1) is 8.65. The number of imidazole rings is 1. The molecule has 0 aliphatic heterocycles. The zero-order valence-electron chi connectivity index (χ0n) is 10.0. The number of aryl methyl sites for hydroxylation is 1. The number of nitrogen functional groups attached to an aromatic ring is 1. The lowest BCUT2D eigenvalue weighted by atomic mass is 10.2. The van der Waals surface area contributed by atoms with Gasteiger partial charge < -0.3 is 5.73 Å². The quantitative estimate of drug-likeness (QED) is 0.655. The molecule has 0 radical (unpaired) electrons. The van der Waals surface area contributed by atoms with Gasteiger partial charge in [-0.1, -0.05) is 18.5 Å². The summed E-state index contributed by atoms with van der Waals surface area (Å²) >= 11 is 6.24. The maximum absolute atomic E-state index is 7.47. The Labute approximate surface area is 110 Å². The van der Waals surface area contributed by atoms with E-state index < -0.39 is 0 Å². The van der Waals surface area contributed by atoms with Crippen molar-refractivity contribution in [1.29, 1.82) is 5.41 Å². The van der Waals surface area contributed by atoms with Gasteiger partial charge in [0, 0.05) is 30.6 Å². The summed E-state index contributed by atoms with van der Waals surface area (Å²) in [5.41, 5.74) is 5.96. The van der Waals surface area contributed by atoms with Crippen molar-refractivity contribution >= 4 is 17.4 Å². The third-order valence-corrected chi connectivity index (χ3v) is 2.95. The van der Waals surface area contributed by atoms with Crippen molar-refractivity contribution in [2.75, 3.05) is 0 Å². The summed E-state index contributed by atoms with van der Waals surface area (Å²) in [6.07, 6.45) is 6.94. The number of nitrogens with two attached hydrogens (primary N) is 1. The number of nitrogens with zero attached hydrogens (tertiary/aromatic N) is 3. The summed E-state index contributed by atoms with van der Waals surface area (Å²) in [7, 11) is 0. The molecule has 0 spiro atoms. The predicted molar refractivity (Wildman–Crippen MR) is 71.4 cm³/mol. The van der Waals surface area contributed by atoms with Crippen molar-refractivity contribution in [1.82, 2.24) is 14.5 Å². The minimum atomic E-state index is -0.0687. The lowest BCUT2D eigenvalue weighted by molar-refractivity contribution is 0.798. The number of nitrogens with one attached hydrogen (secondary N) is 1. The molecule has 0 fully saturated rings. The van der Waals surface area contributed by atoms with E-state index in [4.69, 9.17) is 22.7 Å². The second kappa shape index (κ2) is 5.18. The van der Waals surface area contributed by atoms with Gasteiger partial charge in [0.15, 0.2) is 5.82 Å². The Kier molecular flexibility index (Phi) is 3.62. The van der Waals surface area contributed by atoms with Crippen LogP contribution in [-0.4, -0.2) is 20.4 Å². The van der Waals surface area contributed by atoms with Gasteiger partial charge in [0.1, 0.15) is 11.7 Å². The molecule has 6 heteroatoms. The molecule has 18 heavy (non-hydrogen) atoms. The van der Waals surface area contributed by atoms with Crippen LogP contribution in [0.1, 0.15) is 24.7 Å². The average Bonchev–Trinajstić information content (AvgIpc) is 2.77. The van der Waals surface area contributed by atoms with E-state index in [2.05, 4.69) is 16.9 Å². The van der Waals surface area contributed by atoms with Gasteiger partial charge in [0.05, 0.1) is 5.02 Å². The third kappa shape index (κ3) is 2.22. The highest BCUT2D eigenvalue weighted by molar-refractivity contribution is 6.35. The zero-order chi connectivity index (χ0) is 13.1. The third-order valence-electron chi connectivity index (χ3n) is 2.58. The number of hydrogen-bond acceptors (Lipinski definition) is 3. The van der Waals surface area contributed by atoms with Crippen molar-refractivity contribution in [2.45, 2.75) is 19.8 Å². The molecule has 94 valence electrons. The van der Waals surface area contributed by atoms with Gasteiger partial charge in [-0.3, -0.25) is 9.98 Å². The Morgan fingerprint density at radius 3 is 2.89 bits per heavy atom. The normalized spacial score (nSPS) is 10.6. The minimum absolute atomic E-state index is 0.0687. The summed E-state index contributed by atoms with van der Waals surface area (Å²) in [6.45, 7) is 2.08. The highest BCUT2D eigenvalue weighted by Gasteiger charge is 2.13. The van der Waals surface area contributed by atoms with Crippen LogP contribution in [0.2, 0.25) is 5.02 Å². The zero-order valence-corrected chi connectivity index (χ0v) is 10.8. The fourth-order valence-corrected chi connectivity index (χ4v) is 2.05. The van der Waals surface area contributed by atoms with Crippen LogP contribution in [0.15, 0.2) is 24.7 Å². The molecule has 0 atom stereocenters. The van der Waals surface area contributed by atoms with E-state index in [1.165, 1.54) is 0 Å². The first-order valence-corrected chi connectivity index (χ1v) is 6.04. The van der Waals surface area contributed by atoms with Gasteiger partial charge in [-0.25, -0.2) is 9.97 Å². The molecule has 2 aromatic heterocycles. The van der Waals surface area contributed by atoms with Crippen LogP contribution in [0.25, 0.3) is 5.82 Å². The Balaban J connectivity index is 2.54. The number of rotatable bonds is 4.